The van der Waals surface area contributed by atoms with Crippen LogP contribution in [0.2, 0.25) is 0 Å². The minimum absolute atomic E-state index is 0.0825. The SMILES string of the molecule is CCc1ccccc1N(C(=O)C(F)(F)F)[C@H]1C=CS(=O)(=O)C1. The van der Waals surface area contributed by atoms with Crippen LogP contribution in [0, 0.1) is 0 Å². The van der Waals surface area contributed by atoms with E-state index in [9.17, 15) is 26.4 Å². The van der Waals surface area contributed by atoms with E-state index in [1.807, 2.05) is 0 Å². The zero-order valence-corrected chi connectivity index (χ0v) is 12.5. The number of aryl methyl sites for hydroxylation is 1. The standard InChI is InChI=1S/C14H14F3NO3S/c1-2-10-5-3-4-6-12(10)18(13(19)14(15,16)17)11-7-8-22(20,21)9-11/h3-8,11H,2,9H2,1H3/t11-/m0/s1. The van der Waals surface area contributed by atoms with E-state index in [1.165, 1.54) is 12.1 Å². The fourth-order valence-corrected chi connectivity index (χ4v) is 3.61. The van der Waals surface area contributed by atoms with Gasteiger partial charge in [-0.05, 0) is 24.1 Å². The maximum Gasteiger partial charge on any atom is 0.471 e. The van der Waals surface area contributed by atoms with Crippen molar-refractivity contribution in [1.82, 2.24) is 0 Å². The Labute approximate surface area is 126 Å². The predicted molar refractivity (Wildman–Crippen MR) is 76.1 cm³/mol. The third-order valence-electron chi connectivity index (χ3n) is 3.34. The summed E-state index contributed by atoms with van der Waals surface area (Å²) in [5, 5.41) is 0.850. The van der Waals surface area contributed by atoms with Crippen molar-refractivity contribution in [1.29, 1.82) is 0 Å². The van der Waals surface area contributed by atoms with Crippen molar-refractivity contribution >= 4 is 21.4 Å². The van der Waals surface area contributed by atoms with Crippen molar-refractivity contribution in [3.8, 4) is 0 Å². The Balaban J connectivity index is 2.52. The van der Waals surface area contributed by atoms with Crippen LogP contribution in [0.1, 0.15) is 12.5 Å². The lowest BCUT2D eigenvalue weighted by Gasteiger charge is -2.30. The van der Waals surface area contributed by atoms with Gasteiger partial charge in [0.1, 0.15) is 0 Å². The number of anilines is 1. The molecule has 1 heterocycles. The van der Waals surface area contributed by atoms with Gasteiger partial charge >= 0.3 is 12.1 Å². The van der Waals surface area contributed by atoms with E-state index in [0.29, 0.717) is 16.9 Å². The zero-order chi connectivity index (χ0) is 16.5. The number of rotatable bonds is 3. The number of amides is 1. The molecule has 1 aromatic carbocycles. The van der Waals surface area contributed by atoms with Gasteiger partial charge in [-0.2, -0.15) is 13.2 Å². The Bertz CT molecular complexity index is 710. The smallest absolute Gasteiger partial charge is 0.296 e. The Hall–Kier alpha value is -1.83. The van der Waals surface area contributed by atoms with E-state index in [-0.39, 0.29) is 5.69 Å². The molecule has 0 spiro atoms. The van der Waals surface area contributed by atoms with E-state index in [2.05, 4.69) is 0 Å². The first-order chi connectivity index (χ1) is 10.2. The summed E-state index contributed by atoms with van der Waals surface area (Å²) in [5.41, 5.74) is 0.622. The molecule has 0 N–H and O–H groups in total. The molecule has 0 radical (unpaired) electrons. The number of hydrogen-bond acceptors (Lipinski definition) is 3. The van der Waals surface area contributed by atoms with Gasteiger partial charge < -0.3 is 0 Å². The van der Waals surface area contributed by atoms with Crippen molar-refractivity contribution in [2.75, 3.05) is 10.7 Å². The number of sulfone groups is 1. The molecule has 8 heteroatoms. The predicted octanol–water partition coefficient (Wildman–Crippen LogP) is 2.46. The van der Waals surface area contributed by atoms with Crippen LogP contribution in [0.4, 0.5) is 18.9 Å². The maximum atomic E-state index is 12.9. The first kappa shape index (κ1) is 16.5. The van der Waals surface area contributed by atoms with Crippen molar-refractivity contribution in [2.24, 2.45) is 0 Å². The van der Waals surface area contributed by atoms with Gasteiger partial charge in [-0.3, -0.25) is 9.69 Å². The van der Waals surface area contributed by atoms with Crippen molar-refractivity contribution < 1.29 is 26.4 Å². The summed E-state index contributed by atoms with van der Waals surface area (Å²) < 4.78 is 61.7. The molecule has 22 heavy (non-hydrogen) atoms. The molecular weight excluding hydrogens is 319 g/mol. The lowest BCUT2D eigenvalue weighted by Crippen LogP contribution is -2.48. The molecule has 1 atom stereocenters. The number of alkyl halides is 3. The molecule has 120 valence electrons. The first-order valence-corrected chi connectivity index (χ1v) is 8.26. The highest BCUT2D eigenvalue weighted by molar-refractivity contribution is 7.94. The molecule has 0 saturated heterocycles. The van der Waals surface area contributed by atoms with Crippen LogP contribution in [0.15, 0.2) is 35.7 Å². The summed E-state index contributed by atoms with van der Waals surface area (Å²) in [6.45, 7) is 1.75. The van der Waals surface area contributed by atoms with Gasteiger partial charge in [0.05, 0.1) is 11.8 Å². The average molecular weight is 333 g/mol. The second-order valence-electron chi connectivity index (χ2n) is 4.88. The summed E-state index contributed by atoms with van der Waals surface area (Å²) >= 11 is 0. The summed E-state index contributed by atoms with van der Waals surface area (Å²) in [5.74, 6) is -2.62. The van der Waals surface area contributed by atoms with Crippen molar-refractivity contribution in [3.63, 3.8) is 0 Å². The van der Waals surface area contributed by atoms with Gasteiger partial charge in [0.15, 0.2) is 9.84 Å². The van der Waals surface area contributed by atoms with Crippen molar-refractivity contribution in [2.45, 2.75) is 25.6 Å². The van der Waals surface area contributed by atoms with Gasteiger partial charge in [0.25, 0.3) is 0 Å². The molecule has 1 aromatic rings. The van der Waals surface area contributed by atoms with E-state index in [4.69, 9.17) is 0 Å². The van der Waals surface area contributed by atoms with Gasteiger partial charge in [-0.25, -0.2) is 8.42 Å². The van der Waals surface area contributed by atoms with E-state index < -0.39 is 33.7 Å². The topological polar surface area (TPSA) is 54.5 Å². The number of carbonyl (C=O) groups excluding carboxylic acids is 1. The number of carbonyl (C=O) groups is 1. The molecule has 0 saturated carbocycles. The minimum atomic E-state index is -5.08. The van der Waals surface area contributed by atoms with Gasteiger partial charge in [0.2, 0.25) is 0 Å². The molecule has 0 fully saturated rings. The van der Waals surface area contributed by atoms with Crippen LogP contribution in [-0.2, 0) is 21.1 Å². The molecular formula is C14H14F3NO3S. The molecule has 0 unspecified atom stereocenters. The molecule has 2 rings (SSSR count). The summed E-state index contributed by atoms with van der Waals surface area (Å²) in [4.78, 5) is 12.3. The Kier molecular flexibility index (Phi) is 4.32. The third kappa shape index (κ3) is 3.32. The maximum absolute atomic E-state index is 12.9. The quantitative estimate of drug-likeness (QED) is 0.854. The van der Waals surface area contributed by atoms with Crippen LogP contribution in [0.5, 0.6) is 0 Å². The van der Waals surface area contributed by atoms with Crippen LogP contribution in [0.25, 0.3) is 0 Å². The van der Waals surface area contributed by atoms with E-state index in [0.717, 1.165) is 11.5 Å². The molecule has 1 aliphatic rings. The highest BCUT2D eigenvalue weighted by atomic mass is 32.2. The Morgan fingerprint density at radius 2 is 1.95 bits per heavy atom. The van der Waals surface area contributed by atoms with Gasteiger partial charge in [-0.15, -0.1) is 0 Å². The van der Waals surface area contributed by atoms with Gasteiger partial charge in [0, 0.05) is 11.1 Å². The fourth-order valence-electron chi connectivity index (χ4n) is 2.34. The van der Waals surface area contributed by atoms with Crippen LogP contribution < -0.4 is 4.90 Å². The van der Waals surface area contributed by atoms with Gasteiger partial charge in [-0.1, -0.05) is 25.1 Å². The second-order valence-corrected chi connectivity index (χ2v) is 6.81. The molecule has 0 bridgehead atoms. The second kappa shape index (κ2) is 5.75. The number of nitrogens with zero attached hydrogens (tertiary/aromatic N) is 1. The zero-order valence-electron chi connectivity index (χ0n) is 11.7. The van der Waals surface area contributed by atoms with E-state index >= 15 is 0 Å². The lowest BCUT2D eigenvalue weighted by atomic mass is 10.1. The summed E-state index contributed by atoms with van der Waals surface area (Å²) in [6.07, 6.45) is -3.55. The number of para-hydroxylation sites is 1. The highest BCUT2D eigenvalue weighted by Gasteiger charge is 2.46. The average Bonchev–Trinajstić information content (AvgIpc) is 2.78. The largest absolute Gasteiger partial charge is 0.471 e. The molecule has 0 aliphatic carbocycles. The van der Waals surface area contributed by atoms with E-state index in [1.54, 1.807) is 19.1 Å². The van der Waals surface area contributed by atoms with Crippen LogP contribution in [0.3, 0.4) is 0 Å². The number of hydrogen-bond donors (Lipinski definition) is 0. The lowest BCUT2D eigenvalue weighted by molar-refractivity contribution is -0.170. The minimum Gasteiger partial charge on any atom is -0.296 e. The van der Waals surface area contributed by atoms with Crippen LogP contribution in [-0.4, -0.2) is 32.3 Å². The summed E-state index contributed by atoms with van der Waals surface area (Å²) in [7, 11) is -3.59. The van der Waals surface area contributed by atoms with Crippen LogP contribution >= 0.6 is 0 Å². The normalized spacial score (nSPS) is 20.1. The Morgan fingerprint density at radius 3 is 2.45 bits per heavy atom. The first-order valence-electron chi connectivity index (χ1n) is 6.55. The number of halogens is 3. The monoisotopic (exact) mass is 333 g/mol. The Morgan fingerprint density at radius 1 is 1.32 bits per heavy atom. The molecule has 4 nitrogen and oxygen atoms in total. The third-order valence-corrected chi connectivity index (χ3v) is 4.71. The van der Waals surface area contributed by atoms with Crippen molar-refractivity contribution in [3.05, 3.63) is 41.3 Å². The molecule has 0 aromatic heterocycles. The highest BCUT2D eigenvalue weighted by Crippen LogP contribution is 2.31. The number of benzene rings is 1. The summed E-state index contributed by atoms with van der Waals surface area (Å²) in [6, 6.07) is 5.00. The fraction of sp³-hybridized carbons (Fsp3) is 0.357. The molecule has 1 aliphatic heterocycles. The molecule has 1 amide bonds.